The Morgan fingerprint density at radius 2 is 2.19 bits per heavy atom. The van der Waals surface area contributed by atoms with E-state index in [1.165, 1.54) is 12.8 Å². The molecule has 0 unspecified atom stereocenters. The first-order valence-electron chi connectivity index (χ1n) is 5.86. The van der Waals surface area contributed by atoms with E-state index in [9.17, 15) is 10.2 Å². The number of aromatic hydroxyl groups is 1. The van der Waals surface area contributed by atoms with E-state index in [0.29, 0.717) is 0 Å². The molecular formula is C13H19NO2. The van der Waals surface area contributed by atoms with Gasteiger partial charge in [-0.1, -0.05) is 18.6 Å². The van der Waals surface area contributed by atoms with Crippen molar-refractivity contribution in [1.82, 2.24) is 4.90 Å². The predicted octanol–water partition coefficient (Wildman–Crippen LogP) is 1.91. The van der Waals surface area contributed by atoms with Crippen LogP contribution in [0.2, 0.25) is 0 Å². The zero-order chi connectivity index (χ0) is 11.5. The molecule has 0 aromatic heterocycles. The van der Waals surface area contributed by atoms with Gasteiger partial charge in [-0.15, -0.1) is 0 Å². The first kappa shape index (κ1) is 11.4. The minimum absolute atomic E-state index is 0.176. The maximum absolute atomic E-state index is 10.3. The van der Waals surface area contributed by atoms with Crippen LogP contribution < -0.4 is 0 Å². The summed E-state index contributed by atoms with van der Waals surface area (Å²) < 4.78 is 0. The van der Waals surface area contributed by atoms with Gasteiger partial charge in [-0.25, -0.2) is 0 Å². The lowest BCUT2D eigenvalue weighted by atomic mass is 9.93. The highest BCUT2D eigenvalue weighted by Gasteiger charge is 2.27. The molecule has 0 amide bonds. The third-order valence-corrected chi connectivity index (χ3v) is 3.40. The number of hydrogen-bond donors (Lipinski definition) is 2. The van der Waals surface area contributed by atoms with Gasteiger partial charge >= 0.3 is 0 Å². The van der Waals surface area contributed by atoms with E-state index >= 15 is 0 Å². The van der Waals surface area contributed by atoms with Crippen molar-refractivity contribution in [2.24, 2.45) is 0 Å². The molecule has 3 nitrogen and oxygen atoms in total. The number of benzene rings is 1. The molecule has 88 valence electrons. The van der Waals surface area contributed by atoms with Crippen LogP contribution in [0, 0.1) is 0 Å². The Balaban J connectivity index is 2.14. The average molecular weight is 221 g/mol. The van der Waals surface area contributed by atoms with Crippen molar-refractivity contribution >= 4 is 0 Å². The molecule has 1 aliphatic heterocycles. The largest absolute Gasteiger partial charge is 0.508 e. The van der Waals surface area contributed by atoms with Gasteiger partial charge in [0.2, 0.25) is 0 Å². The number of hydrogen-bond acceptors (Lipinski definition) is 3. The van der Waals surface area contributed by atoms with E-state index in [1.807, 2.05) is 6.07 Å². The molecule has 2 atom stereocenters. The number of rotatable bonds is 2. The summed E-state index contributed by atoms with van der Waals surface area (Å²) in [5, 5.41) is 19.7. The van der Waals surface area contributed by atoms with Crippen molar-refractivity contribution in [2.45, 2.75) is 31.4 Å². The normalized spacial score (nSPS) is 24.2. The monoisotopic (exact) mass is 221 g/mol. The number of phenols is 1. The van der Waals surface area contributed by atoms with Crippen molar-refractivity contribution < 1.29 is 10.2 Å². The van der Waals surface area contributed by atoms with E-state index in [-0.39, 0.29) is 11.8 Å². The van der Waals surface area contributed by atoms with E-state index in [4.69, 9.17) is 0 Å². The predicted molar refractivity (Wildman–Crippen MR) is 63.3 cm³/mol. The second-order valence-electron chi connectivity index (χ2n) is 4.58. The number of piperidine rings is 1. The molecule has 1 heterocycles. The van der Waals surface area contributed by atoms with Crippen LogP contribution in [0.4, 0.5) is 0 Å². The third-order valence-electron chi connectivity index (χ3n) is 3.40. The molecule has 1 aromatic carbocycles. The Morgan fingerprint density at radius 3 is 2.88 bits per heavy atom. The van der Waals surface area contributed by atoms with Gasteiger partial charge < -0.3 is 15.1 Å². The smallest absolute Gasteiger partial charge is 0.115 e. The Morgan fingerprint density at radius 1 is 1.38 bits per heavy atom. The van der Waals surface area contributed by atoms with Crippen molar-refractivity contribution in [2.75, 3.05) is 13.6 Å². The van der Waals surface area contributed by atoms with Crippen LogP contribution >= 0.6 is 0 Å². The van der Waals surface area contributed by atoms with Gasteiger partial charge in [0.1, 0.15) is 5.75 Å². The highest BCUT2D eigenvalue weighted by atomic mass is 16.3. The van der Waals surface area contributed by atoms with E-state index in [1.54, 1.807) is 18.2 Å². The number of nitrogens with zero attached hydrogens (tertiary/aromatic N) is 1. The van der Waals surface area contributed by atoms with Crippen LogP contribution in [0.5, 0.6) is 5.75 Å². The second-order valence-corrected chi connectivity index (χ2v) is 4.58. The first-order chi connectivity index (χ1) is 7.68. The van der Waals surface area contributed by atoms with Crippen molar-refractivity contribution in [3.63, 3.8) is 0 Å². The first-order valence-corrected chi connectivity index (χ1v) is 5.86. The number of aliphatic hydroxyl groups is 1. The summed E-state index contributed by atoms with van der Waals surface area (Å²) in [6.45, 7) is 1.04. The number of aliphatic hydroxyl groups excluding tert-OH is 1. The molecule has 1 aliphatic rings. The van der Waals surface area contributed by atoms with Crippen molar-refractivity contribution in [1.29, 1.82) is 0 Å². The second kappa shape index (κ2) is 4.85. The maximum Gasteiger partial charge on any atom is 0.115 e. The molecule has 0 radical (unpaired) electrons. The SMILES string of the molecule is CN1CCCC[C@H]1[C@H](O)c1cccc(O)c1. The molecule has 1 fully saturated rings. The summed E-state index contributed by atoms with van der Waals surface area (Å²) in [6, 6.07) is 7.09. The lowest BCUT2D eigenvalue weighted by Gasteiger charge is -2.35. The molecule has 2 N–H and O–H groups in total. The number of phenolic OH excluding ortho intramolecular Hbond substituents is 1. The average Bonchev–Trinajstić information content (AvgIpc) is 2.29. The standard InChI is InChI=1S/C13H19NO2/c1-14-8-3-2-7-12(14)13(16)10-5-4-6-11(15)9-10/h4-6,9,12-13,15-16H,2-3,7-8H2,1H3/t12-,13+/m0/s1. The minimum Gasteiger partial charge on any atom is -0.508 e. The van der Waals surface area contributed by atoms with Gasteiger partial charge in [-0.3, -0.25) is 0 Å². The van der Waals surface area contributed by atoms with Gasteiger partial charge in [-0.2, -0.15) is 0 Å². The van der Waals surface area contributed by atoms with Crippen molar-refractivity contribution in [3.05, 3.63) is 29.8 Å². The van der Waals surface area contributed by atoms with E-state index in [2.05, 4.69) is 11.9 Å². The molecule has 16 heavy (non-hydrogen) atoms. The van der Waals surface area contributed by atoms with Gasteiger partial charge in [0.15, 0.2) is 0 Å². The minimum atomic E-state index is -0.502. The zero-order valence-corrected chi connectivity index (χ0v) is 9.63. The molecule has 3 heteroatoms. The summed E-state index contributed by atoms with van der Waals surface area (Å²) in [5.41, 5.74) is 0.804. The summed E-state index contributed by atoms with van der Waals surface area (Å²) in [5.74, 6) is 0.218. The summed E-state index contributed by atoms with van der Waals surface area (Å²) >= 11 is 0. The fourth-order valence-corrected chi connectivity index (χ4v) is 2.43. The number of likely N-dealkylation sites (tertiary alicyclic amines) is 1. The molecule has 0 spiro atoms. The zero-order valence-electron chi connectivity index (χ0n) is 9.63. The van der Waals surface area contributed by atoms with E-state index in [0.717, 1.165) is 18.5 Å². The van der Waals surface area contributed by atoms with Crippen LogP contribution in [0.15, 0.2) is 24.3 Å². The van der Waals surface area contributed by atoms with Gasteiger partial charge in [0, 0.05) is 6.04 Å². The summed E-state index contributed by atoms with van der Waals surface area (Å²) in [7, 11) is 2.05. The van der Waals surface area contributed by atoms with Crippen molar-refractivity contribution in [3.8, 4) is 5.75 Å². The third kappa shape index (κ3) is 2.36. The lowest BCUT2D eigenvalue weighted by molar-refractivity contribution is 0.0402. The molecule has 0 aliphatic carbocycles. The highest BCUT2D eigenvalue weighted by molar-refractivity contribution is 5.29. The Hall–Kier alpha value is -1.06. The van der Waals surface area contributed by atoms with Crippen LogP contribution in [0.25, 0.3) is 0 Å². The summed E-state index contributed by atoms with van der Waals surface area (Å²) in [6.07, 6.45) is 2.90. The fraction of sp³-hybridized carbons (Fsp3) is 0.538. The van der Waals surface area contributed by atoms with E-state index < -0.39 is 6.10 Å². The molecule has 0 saturated carbocycles. The quantitative estimate of drug-likeness (QED) is 0.801. The maximum atomic E-state index is 10.3. The van der Waals surface area contributed by atoms with Crippen LogP contribution in [-0.4, -0.2) is 34.7 Å². The Bertz CT molecular complexity index is 354. The molecule has 1 saturated heterocycles. The molecule has 0 bridgehead atoms. The van der Waals surface area contributed by atoms with Gasteiger partial charge in [0.25, 0.3) is 0 Å². The fourth-order valence-electron chi connectivity index (χ4n) is 2.43. The topological polar surface area (TPSA) is 43.7 Å². The molecular weight excluding hydrogens is 202 g/mol. The Kier molecular flexibility index (Phi) is 3.46. The Labute approximate surface area is 96.3 Å². The van der Waals surface area contributed by atoms with Gasteiger partial charge in [0.05, 0.1) is 6.10 Å². The van der Waals surface area contributed by atoms with Gasteiger partial charge in [-0.05, 0) is 44.1 Å². The number of likely N-dealkylation sites (N-methyl/N-ethyl adjacent to an activating group) is 1. The molecule has 2 rings (SSSR count). The van der Waals surface area contributed by atoms with Crippen LogP contribution in [0.1, 0.15) is 30.9 Å². The lowest BCUT2D eigenvalue weighted by Crippen LogP contribution is -2.40. The molecule has 1 aromatic rings. The van der Waals surface area contributed by atoms with Crippen LogP contribution in [0.3, 0.4) is 0 Å². The highest BCUT2D eigenvalue weighted by Crippen LogP contribution is 2.28. The summed E-state index contributed by atoms with van der Waals surface area (Å²) in [4.78, 5) is 2.21. The van der Waals surface area contributed by atoms with Crippen LogP contribution in [-0.2, 0) is 0 Å².